The van der Waals surface area contributed by atoms with Crippen molar-refractivity contribution in [3.63, 3.8) is 0 Å². The summed E-state index contributed by atoms with van der Waals surface area (Å²) in [7, 11) is -3.20. The third-order valence-corrected chi connectivity index (χ3v) is 8.55. The monoisotopic (exact) mass is 662 g/mol. The molecule has 0 radical (unpaired) electrons. The summed E-state index contributed by atoms with van der Waals surface area (Å²) in [6.45, 7) is 4.32. The molecule has 16 nitrogen and oxygen atoms in total. The minimum atomic E-state index is -5.20. The van der Waals surface area contributed by atoms with Gasteiger partial charge in [-0.2, -0.15) is 14.0 Å². The number of carbonyl (C=O) groups is 2. The number of nitrogens with one attached hydrogen (secondary N) is 1. The smallest absolute Gasteiger partial charge is 0.276 e. The number of hydroxylamine groups is 2. The molecule has 4 heterocycles. The number of carbonyl (C=O) groups excluding carboxylic acids is 2. The van der Waals surface area contributed by atoms with Gasteiger partial charge in [0, 0.05) is 5.38 Å². The van der Waals surface area contributed by atoms with Crippen LogP contribution in [0.15, 0.2) is 41.1 Å². The van der Waals surface area contributed by atoms with Crippen molar-refractivity contribution in [2.24, 2.45) is 17.9 Å². The highest BCUT2D eigenvalue weighted by molar-refractivity contribution is 7.80. The van der Waals surface area contributed by atoms with Crippen molar-refractivity contribution in [1.82, 2.24) is 20.0 Å². The summed E-state index contributed by atoms with van der Waals surface area (Å²) in [4.78, 5) is 35.3. The molecule has 5 rings (SSSR count). The molecule has 242 valence electrons. The molecule has 2 amide bonds. The Kier molecular flexibility index (Phi) is 9.13. The number of oxime groups is 1. The van der Waals surface area contributed by atoms with E-state index in [0.717, 1.165) is 53.2 Å². The van der Waals surface area contributed by atoms with Crippen LogP contribution in [0.4, 0.5) is 5.13 Å². The lowest BCUT2D eigenvalue weighted by Gasteiger charge is -2.51. The fraction of sp³-hybridized carbons (Fsp3) is 0.444. The number of fused-ring (bicyclic) bond motifs is 1. The van der Waals surface area contributed by atoms with Gasteiger partial charge in [-0.25, -0.2) is 13.4 Å². The fourth-order valence-corrected chi connectivity index (χ4v) is 6.12. The molecule has 1 fully saturated rings. The molecule has 2 atom stereocenters. The Balaban J connectivity index is 1.23. The van der Waals surface area contributed by atoms with Gasteiger partial charge < -0.3 is 30.9 Å². The molecule has 5 N–H and O–H groups in total. The summed E-state index contributed by atoms with van der Waals surface area (Å²) < 4.78 is 47.5. The number of benzene rings is 1. The second-order valence-corrected chi connectivity index (χ2v) is 13.0. The van der Waals surface area contributed by atoms with Crippen LogP contribution in [0.25, 0.3) is 11.1 Å². The number of aryl methyl sites for hydroxylation is 3. The fourth-order valence-electron chi connectivity index (χ4n) is 5.13. The van der Waals surface area contributed by atoms with Gasteiger partial charge >= 0.3 is 0 Å². The normalized spacial score (nSPS) is 19.4. The molecule has 2 aliphatic rings. The molecule has 1 aromatic carbocycles. The first kappa shape index (κ1) is 32.3. The van der Waals surface area contributed by atoms with Crippen LogP contribution in [-0.4, -0.2) is 76.1 Å². The van der Waals surface area contributed by atoms with Crippen molar-refractivity contribution >= 4 is 44.4 Å². The summed E-state index contributed by atoms with van der Waals surface area (Å²) in [6, 6.07) is 4.82. The Morgan fingerprint density at radius 2 is 2.13 bits per heavy atom. The summed E-state index contributed by atoms with van der Waals surface area (Å²) in [6.07, 6.45) is 6.10. The van der Waals surface area contributed by atoms with Crippen LogP contribution in [0.1, 0.15) is 37.9 Å². The molecule has 2 aromatic heterocycles. The van der Waals surface area contributed by atoms with Crippen LogP contribution in [0.3, 0.4) is 0 Å². The zero-order valence-corrected chi connectivity index (χ0v) is 26.5. The van der Waals surface area contributed by atoms with Crippen LogP contribution >= 0.6 is 11.3 Å². The van der Waals surface area contributed by atoms with Crippen LogP contribution in [0, 0.1) is 0 Å². The number of nitrogens with zero attached hydrogens (tertiary/aromatic N) is 5. The van der Waals surface area contributed by atoms with E-state index in [0.29, 0.717) is 18.0 Å². The predicted molar refractivity (Wildman–Crippen MR) is 160 cm³/mol. The Morgan fingerprint density at radius 3 is 2.80 bits per heavy atom. The van der Waals surface area contributed by atoms with Gasteiger partial charge in [-0.05, 0) is 62.9 Å². The molecule has 18 heteroatoms. The molecule has 45 heavy (non-hydrogen) atoms. The molecule has 2 aliphatic heterocycles. The van der Waals surface area contributed by atoms with E-state index < -0.39 is 33.8 Å². The standard InChI is InChI=1S/C27H34N8O8S2/c1-27(2)23(25(37)35(27)43-45(38,39)40)31-24(36)22(20-15-44-26(29)30-20)32-41-14-19-7-5-17-11-16(6-8-21(17)42-19)18-12-33(3)34(13-18)10-4-9-28/h6,8,11-13,15,19,23H,4-5,7,9-10,14,28H2,1-3H3,(H3-,29,30,31,36,38,39,40)/b32-22-/t19-,23?/m0/s1. The van der Waals surface area contributed by atoms with Gasteiger partial charge in [-0.3, -0.25) is 9.59 Å². The Bertz CT molecular complexity index is 1740. The molecule has 1 saturated heterocycles. The number of anilines is 1. The van der Waals surface area contributed by atoms with Gasteiger partial charge in [-0.15, -0.1) is 16.0 Å². The van der Waals surface area contributed by atoms with Crippen molar-refractivity contribution in [3.05, 3.63) is 47.2 Å². The summed E-state index contributed by atoms with van der Waals surface area (Å²) in [5, 5.41) is 8.56. The van der Waals surface area contributed by atoms with Crippen molar-refractivity contribution < 1.29 is 41.1 Å². The number of thiazole rings is 1. The van der Waals surface area contributed by atoms with Gasteiger partial charge in [0.2, 0.25) is 16.6 Å². The Hall–Kier alpha value is -4.10. The lowest BCUT2D eigenvalue weighted by Crippen LogP contribution is -2.76. The number of nitrogens with two attached hydrogens (primary N) is 2. The van der Waals surface area contributed by atoms with Gasteiger partial charge in [-0.1, -0.05) is 11.2 Å². The zero-order chi connectivity index (χ0) is 32.5. The van der Waals surface area contributed by atoms with Gasteiger partial charge in [0.15, 0.2) is 24.5 Å². The van der Waals surface area contributed by atoms with Crippen molar-refractivity contribution in [1.29, 1.82) is 0 Å². The first-order valence-corrected chi connectivity index (χ1v) is 16.3. The lowest BCUT2D eigenvalue weighted by molar-refractivity contribution is -0.753. The second kappa shape index (κ2) is 12.7. The molecule has 1 unspecified atom stereocenters. The number of amides is 2. The average Bonchev–Trinajstić information content (AvgIpc) is 3.59. The average molecular weight is 663 g/mol. The number of aromatic nitrogens is 3. The van der Waals surface area contributed by atoms with Gasteiger partial charge in [0.05, 0.1) is 23.8 Å². The highest BCUT2D eigenvalue weighted by Gasteiger charge is 2.57. The highest BCUT2D eigenvalue weighted by atomic mass is 32.3. The van der Waals surface area contributed by atoms with E-state index in [1.807, 2.05) is 23.9 Å². The third-order valence-electron chi connectivity index (χ3n) is 7.55. The van der Waals surface area contributed by atoms with E-state index in [4.69, 9.17) is 21.0 Å². The molecule has 3 aromatic rings. The summed E-state index contributed by atoms with van der Waals surface area (Å²) in [5.41, 5.74) is 13.2. The third kappa shape index (κ3) is 7.09. The van der Waals surface area contributed by atoms with Crippen molar-refractivity contribution in [2.45, 2.75) is 57.3 Å². The summed E-state index contributed by atoms with van der Waals surface area (Å²) in [5.74, 6) is -1.03. The minimum absolute atomic E-state index is 0.0221. The number of β-lactam (4-membered cyclic amide) rings is 1. The van der Waals surface area contributed by atoms with Crippen molar-refractivity contribution in [2.75, 3.05) is 18.9 Å². The van der Waals surface area contributed by atoms with Crippen LogP contribution in [0.2, 0.25) is 0 Å². The van der Waals surface area contributed by atoms with E-state index in [1.54, 1.807) is 0 Å². The van der Waals surface area contributed by atoms with Gasteiger partial charge in [0.1, 0.15) is 23.6 Å². The molecular formula is C27H34N8O8S2. The first-order valence-electron chi connectivity index (χ1n) is 14.0. The first-order chi connectivity index (χ1) is 21.3. The maximum absolute atomic E-state index is 13.2. The summed E-state index contributed by atoms with van der Waals surface area (Å²) >= 11 is 1.08. The number of rotatable bonds is 12. The minimum Gasteiger partial charge on any atom is -0.724 e. The SMILES string of the molecule is C[n+]1cc(-c2ccc3c(c2)CC[C@@H](CO/N=C(\C(=O)NC2C(=O)N(OS(=O)(=O)[O-])C2(C)C)c2csc(N)n2)O3)cn1CCCN. The van der Waals surface area contributed by atoms with Crippen molar-refractivity contribution in [3.8, 4) is 16.9 Å². The van der Waals surface area contributed by atoms with E-state index in [9.17, 15) is 22.6 Å². The number of ether oxygens (including phenoxy) is 1. The largest absolute Gasteiger partial charge is 0.724 e. The zero-order valence-electron chi connectivity index (χ0n) is 24.8. The topological polar surface area (TPSA) is 220 Å². The molecular weight excluding hydrogens is 628 g/mol. The van der Waals surface area contributed by atoms with Crippen LogP contribution < -0.4 is 26.2 Å². The molecule has 0 bridgehead atoms. The number of nitrogen functional groups attached to an aromatic ring is 1. The number of hydrogen-bond acceptors (Lipinski definition) is 13. The van der Waals surface area contributed by atoms with E-state index in [1.165, 1.54) is 19.2 Å². The van der Waals surface area contributed by atoms with E-state index in [2.05, 4.69) is 42.9 Å². The Labute approximate surface area is 263 Å². The predicted octanol–water partition coefficient (Wildman–Crippen LogP) is -0.0210. The maximum atomic E-state index is 13.2. The maximum Gasteiger partial charge on any atom is 0.276 e. The number of hydrogen-bond donors (Lipinski definition) is 3. The molecule has 0 saturated carbocycles. The van der Waals surface area contributed by atoms with Crippen LogP contribution in [-0.2, 0) is 49.1 Å². The van der Waals surface area contributed by atoms with E-state index in [-0.39, 0.29) is 29.2 Å². The lowest BCUT2D eigenvalue weighted by atomic mass is 9.84. The molecule has 0 aliphatic carbocycles. The molecule has 0 spiro atoms. The van der Waals surface area contributed by atoms with Crippen LogP contribution in [0.5, 0.6) is 5.75 Å². The Morgan fingerprint density at radius 1 is 1.36 bits per heavy atom. The van der Waals surface area contributed by atoms with E-state index >= 15 is 0 Å². The second-order valence-electron chi connectivity index (χ2n) is 11.2. The highest BCUT2D eigenvalue weighted by Crippen LogP contribution is 2.34. The van der Waals surface area contributed by atoms with Gasteiger partial charge in [0.25, 0.3) is 11.8 Å². The quantitative estimate of drug-likeness (QED) is 0.0584.